The second-order valence-corrected chi connectivity index (χ2v) is 4.32. The van der Waals surface area contributed by atoms with Gasteiger partial charge in [-0.15, -0.1) is 0 Å². The Kier molecular flexibility index (Phi) is 3.99. The van der Waals surface area contributed by atoms with E-state index in [4.69, 9.17) is 17.3 Å². The van der Waals surface area contributed by atoms with Crippen molar-refractivity contribution in [2.75, 3.05) is 17.2 Å². The van der Waals surface area contributed by atoms with Gasteiger partial charge in [-0.2, -0.15) is 0 Å². The van der Waals surface area contributed by atoms with E-state index in [2.05, 4.69) is 21.8 Å². The second kappa shape index (κ2) is 5.69. The van der Waals surface area contributed by atoms with Crippen molar-refractivity contribution in [2.45, 2.75) is 13.5 Å². The highest BCUT2D eigenvalue weighted by atomic mass is 35.5. The van der Waals surface area contributed by atoms with E-state index < -0.39 is 0 Å². The van der Waals surface area contributed by atoms with Crippen molar-refractivity contribution >= 4 is 23.1 Å². The lowest BCUT2D eigenvalue weighted by atomic mass is 10.3. The third kappa shape index (κ3) is 2.90. The predicted octanol–water partition coefficient (Wildman–Crippen LogP) is 2.74. The van der Waals surface area contributed by atoms with Gasteiger partial charge in [-0.25, -0.2) is 4.98 Å². The highest BCUT2D eigenvalue weighted by molar-refractivity contribution is 6.33. The van der Waals surface area contributed by atoms with E-state index in [0.29, 0.717) is 17.3 Å². The molecule has 0 spiro atoms. The normalized spacial score (nSPS) is 10.3. The van der Waals surface area contributed by atoms with Gasteiger partial charge >= 0.3 is 0 Å². The second-order valence-electron chi connectivity index (χ2n) is 3.91. The molecule has 0 fully saturated rings. The van der Waals surface area contributed by atoms with Crippen molar-refractivity contribution in [2.24, 2.45) is 0 Å². The van der Waals surface area contributed by atoms with E-state index in [1.807, 2.05) is 18.2 Å². The van der Waals surface area contributed by atoms with Crippen molar-refractivity contribution in [3.8, 4) is 0 Å². The molecule has 2 aromatic rings. The maximum absolute atomic E-state index is 6.16. The van der Waals surface area contributed by atoms with Gasteiger partial charge in [0.15, 0.2) is 0 Å². The standard InChI is InChI=1S/C13H15ClN4/c1-2-18(9-11-5-3-4-6-16-11)13-12(14)7-10(15)8-17-13/h3-8H,2,9,15H2,1H3. The molecule has 2 aromatic heterocycles. The van der Waals surface area contributed by atoms with Gasteiger partial charge < -0.3 is 10.6 Å². The molecule has 2 heterocycles. The fraction of sp³-hybridized carbons (Fsp3) is 0.231. The number of hydrogen-bond donors (Lipinski definition) is 1. The summed E-state index contributed by atoms with van der Waals surface area (Å²) in [6.07, 6.45) is 3.39. The topological polar surface area (TPSA) is 55.0 Å². The van der Waals surface area contributed by atoms with Crippen LogP contribution in [-0.4, -0.2) is 16.5 Å². The lowest BCUT2D eigenvalue weighted by molar-refractivity contribution is 0.794. The molecule has 0 saturated heterocycles. The molecule has 0 aliphatic rings. The number of nitrogens with two attached hydrogens (primary N) is 1. The van der Waals surface area contributed by atoms with Gasteiger partial charge in [-0.1, -0.05) is 17.7 Å². The molecule has 0 aromatic carbocycles. The molecular weight excluding hydrogens is 248 g/mol. The first-order chi connectivity index (χ1) is 8.70. The van der Waals surface area contributed by atoms with Gasteiger partial charge in [0.2, 0.25) is 0 Å². The van der Waals surface area contributed by atoms with E-state index in [9.17, 15) is 0 Å². The van der Waals surface area contributed by atoms with Crippen LogP contribution in [0.2, 0.25) is 5.02 Å². The Morgan fingerprint density at radius 3 is 2.78 bits per heavy atom. The van der Waals surface area contributed by atoms with Crippen LogP contribution in [0.5, 0.6) is 0 Å². The molecule has 18 heavy (non-hydrogen) atoms. The first-order valence-corrected chi connectivity index (χ1v) is 6.14. The molecule has 94 valence electrons. The van der Waals surface area contributed by atoms with Crippen LogP contribution in [0.25, 0.3) is 0 Å². The largest absolute Gasteiger partial charge is 0.397 e. The van der Waals surface area contributed by atoms with Gasteiger partial charge in [0.25, 0.3) is 0 Å². The van der Waals surface area contributed by atoms with Crippen LogP contribution in [0.1, 0.15) is 12.6 Å². The average molecular weight is 263 g/mol. The molecule has 0 bridgehead atoms. The number of halogens is 1. The Morgan fingerprint density at radius 1 is 1.33 bits per heavy atom. The van der Waals surface area contributed by atoms with Crippen LogP contribution in [0.3, 0.4) is 0 Å². The van der Waals surface area contributed by atoms with Gasteiger partial charge in [-0.3, -0.25) is 4.98 Å². The number of pyridine rings is 2. The summed E-state index contributed by atoms with van der Waals surface area (Å²) >= 11 is 6.16. The molecule has 0 atom stereocenters. The first-order valence-electron chi connectivity index (χ1n) is 5.76. The summed E-state index contributed by atoms with van der Waals surface area (Å²) in [6, 6.07) is 7.56. The Morgan fingerprint density at radius 2 is 2.17 bits per heavy atom. The summed E-state index contributed by atoms with van der Waals surface area (Å²) in [5.74, 6) is 0.735. The van der Waals surface area contributed by atoms with Gasteiger partial charge in [0.1, 0.15) is 5.82 Å². The highest BCUT2D eigenvalue weighted by Crippen LogP contribution is 2.25. The summed E-state index contributed by atoms with van der Waals surface area (Å²) < 4.78 is 0. The maximum atomic E-state index is 6.16. The number of rotatable bonds is 4. The van der Waals surface area contributed by atoms with Crippen LogP contribution < -0.4 is 10.6 Å². The minimum Gasteiger partial charge on any atom is -0.397 e. The number of nitrogens with zero attached hydrogens (tertiary/aromatic N) is 3. The molecule has 0 saturated carbocycles. The first kappa shape index (κ1) is 12.6. The summed E-state index contributed by atoms with van der Waals surface area (Å²) in [4.78, 5) is 10.6. The third-order valence-electron chi connectivity index (χ3n) is 2.60. The molecule has 0 aliphatic carbocycles. The molecule has 0 unspecified atom stereocenters. The molecule has 5 heteroatoms. The number of nitrogen functional groups attached to an aromatic ring is 1. The Balaban J connectivity index is 2.23. The fourth-order valence-corrected chi connectivity index (χ4v) is 2.00. The van der Waals surface area contributed by atoms with E-state index in [1.54, 1.807) is 18.5 Å². The summed E-state index contributed by atoms with van der Waals surface area (Å²) in [5, 5.41) is 0.563. The summed E-state index contributed by atoms with van der Waals surface area (Å²) in [6.45, 7) is 3.53. The molecule has 0 radical (unpaired) electrons. The predicted molar refractivity (Wildman–Crippen MR) is 74.6 cm³/mol. The number of hydrogen-bond acceptors (Lipinski definition) is 4. The van der Waals surface area contributed by atoms with E-state index in [1.165, 1.54) is 0 Å². The maximum Gasteiger partial charge on any atom is 0.147 e. The molecule has 2 rings (SSSR count). The lowest BCUT2D eigenvalue weighted by Crippen LogP contribution is -2.24. The monoisotopic (exact) mass is 262 g/mol. The van der Waals surface area contributed by atoms with Crippen LogP contribution >= 0.6 is 11.6 Å². The molecular formula is C13H15ClN4. The lowest BCUT2D eigenvalue weighted by Gasteiger charge is -2.22. The SMILES string of the molecule is CCN(Cc1ccccn1)c1ncc(N)cc1Cl. The van der Waals surface area contributed by atoms with Crippen molar-refractivity contribution < 1.29 is 0 Å². The smallest absolute Gasteiger partial charge is 0.147 e. The van der Waals surface area contributed by atoms with E-state index >= 15 is 0 Å². The molecule has 0 aliphatic heterocycles. The Hall–Kier alpha value is -1.81. The van der Waals surface area contributed by atoms with Crippen LogP contribution in [0, 0.1) is 0 Å². The third-order valence-corrected chi connectivity index (χ3v) is 2.88. The average Bonchev–Trinajstić information content (AvgIpc) is 2.38. The highest BCUT2D eigenvalue weighted by Gasteiger charge is 2.11. The van der Waals surface area contributed by atoms with E-state index in [-0.39, 0.29) is 0 Å². The van der Waals surface area contributed by atoms with Crippen LogP contribution in [0.4, 0.5) is 11.5 Å². The summed E-state index contributed by atoms with van der Waals surface area (Å²) in [5.41, 5.74) is 7.19. The van der Waals surface area contributed by atoms with Crippen LogP contribution in [0.15, 0.2) is 36.7 Å². The quantitative estimate of drug-likeness (QED) is 0.921. The minimum atomic E-state index is 0.563. The number of anilines is 2. The zero-order valence-corrected chi connectivity index (χ0v) is 10.9. The van der Waals surface area contributed by atoms with Gasteiger partial charge in [0.05, 0.1) is 29.1 Å². The van der Waals surface area contributed by atoms with Gasteiger partial charge in [-0.05, 0) is 25.1 Å². The molecule has 0 amide bonds. The van der Waals surface area contributed by atoms with Gasteiger partial charge in [0, 0.05) is 12.7 Å². The molecule has 2 N–H and O–H groups in total. The number of aromatic nitrogens is 2. The fourth-order valence-electron chi connectivity index (χ4n) is 1.70. The van der Waals surface area contributed by atoms with Crippen molar-refractivity contribution in [1.29, 1.82) is 0 Å². The van der Waals surface area contributed by atoms with Crippen molar-refractivity contribution in [3.63, 3.8) is 0 Å². The van der Waals surface area contributed by atoms with Crippen LogP contribution in [-0.2, 0) is 6.54 Å². The Labute approximate surface area is 111 Å². The molecule has 4 nitrogen and oxygen atoms in total. The van der Waals surface area contributed by atoms with E-state index in [0.717, 1.165) is 18.1 Å². The Bertz CT molecular complexity index is 516. The summed E-state index contributed by atoms with van der Waals surface area (Å²) in [7, 11) is 0. The zero-order chi connectivity index (χ0) is 13.0. The van der Waals surface area contributed by atoms with Crippen molar-refractivity contribution in [3.05, 3.63) is 47.4 Å². The minimum absolute atomic E-state index is 0.563. The van der Waals surface area contributed by atoms with Crippen molar-refractivity contribution in [1.82, 2.24) is 9.97 Å². The zero-order valence-electron chi connectivity index (χ0n) is 10.2.